The largest absolute Gasteiger partial charge is 0.497 e. The van der Waals surface area contributed by atoms with E-state index in [4.69, 9.17) is 16.3 Å². The highest BCUT2D eigenvalue weighted by molar-refractivity contribution is 6.30. The maximum atomic E-state index is 12.9. The van der Waals surface area contributed by atoms with Gasteiger partial charge in [0.25, 0.3) is 0 Å². The van der Waals surface area contributed by atoms with Crippen molar-refractivity contribution in [3.63, 3.8) is 0 Å². The molecule has 0 saturated heterocycles. The smallest absolute Gasteiger partial charge is 0.227 e. The van der Waals surface area contributed by atoms with Gasteiger partial charge in [-0.25, -0.2) is 4.98 Å². The van der Waals surface area contributed by atoms with Crippen LogP contribution in [0.25, 0.3) is 0 Å². The van der Waals surface area contributed by atoms with Crippen LogP contribution in [-0.4, -0.2) is 34.4 Å². The second kappa shape index (κ2) is 7.45. The average Bonchev–Trinajstić information content (AvgIpc) is 3.16. The minimum absolute atomic E-state index is 0.0124. The molecule has 1 unspecified atom stereocenters. The normalized spacial score (nSPS) is 16.1. The first kappa shape index (κ1) is 17.6. The van der Waals surface area contributed by atoms with Crippen LogP contribution in [0, 0.1) is 0 Å². The Balaban J connectivity index is 1.60. The van der Waals surface area contributed by atoms with Crippen LogP contribution < -0.4 is 4.74 Å². The van der Waals surface area contributed by atoms with E-state index in [1.54, 1.807) is 13.4 Å². The van der Waals surface area contributed by atoms with Crippen molar-refractivity contribution >= 4 is 17.5 Å². The first-order valence-electron chi connectivity index (χ1n) is 8.82. The van der Waals surface area contributed by atoms with Crippen LogP contribution in [0.1, 0.15) is 28.4 Å². The minimum atomic E-state index is 0.0124. The van der Waals surface area contributed by atoms with Crippen molar-refractivity contribution in [2.24, 2.45) is 0 Å². The monoisotopic (exact) mass is 381 g/mol. The van der Waals surface area contributed by atoms with Gasteiger partial charge in [-0.3, -0.25) is 4.79 Å². The van der Waals surface area contributed by atoms with Crippen molar-refractivity contribution in [2.45, 2.75) is 18.9 Å². The fourth-order valence-corrected chi connectivity index (χ4v) is 3.78. The lowest BCUT2D eigenvalue weighted by molar-refractivity contribution is -0.131. The lowest BCUT2D eigenvalue weighted by Gasteiger charge is -2.32. The van der Waals surface area contributed by atoms with Gasteiger partial charge in [0.05, 0.1) is 37.8 Å². The van der Waals surface area contributed by atoms with Gasteiger partial charge in [-0.15, -0.1) is 0 Å². The van der Waals surface area contributed by atoms with Crippen LogP contribution in [0.2, 0.25) is 5.02 Å². The Morgan fingerprint density at radius 1 is 1.30 bits per heavy atom. The van der Waals surface area contributed by atoms with Crippen LogP contribution in [0.5, 0.6) is 5.75 Å². The Labute approximate surface area is 162 Å². The van der Waals surface area contributed by atoms with E-state index in [0.717, 1.165) is 28.3 Å². The number of nitrogens with one attached hydrogen (secondary N) is 1. The van der Waals surface area contributed by atoms with E-state index in [1.165, 1.54) is 0 Å². The molecule has 0 radical (unpaired) electrons. The molecule has 1 aliphatic rings. The fraction of sp³-hybridized carbons (Fsp3) is 0.238. The molecule has 2 aromatic carbocycles. The number of nitrogens with zero attached hydrogens (tertiary/aromatic N) is 2. The highest BCUT2D eigenvalue weighted by Crippen LogP contribution is 2.33. The zero-order chi connectivity index (χ0) is 18.8. The lowest BCUT2D eigenvalue weighted by Crippen LogP contribution is -2.39. The molecule has 1 aromatic heterocycles. The third kappa shape index (κ3) is 3.69. The lowest BCUT2D eigenvalue weighted by atomic mass is 9.90. The quantitative estimate of drug-likeness (QED) is 0.748. The van der Waals surface area contributed by atoms with Gasteiger partial charge in [0.15, 0.2) is 0 Å². The highest BCUT2D eigenvalue weighted by atomic mass is 35.5. The number of imidazole rings is 1. The number of hydrogen-bond donors (Lipinski definition) is 1. The number of carbonyl (C=O) groups excluding carboxylic acids is 1. The van der Waals surface area contributed by atoms with Crippen molar-refractivity contribution in [3.05, 3.63) is 82.4 Å². The molecule has 0 bridgehead atoms. The van der Waals surface area contributed by atoms with Crippen molar-refractivity contribution < 1.29 is 9.53 Å². The number of carbonyl (C=O) groups is 1. The number of fused-ring (bicyclic) bond motifs is 1. The minimum Gasteiger partial charge on any atom is -0.497 e. The van der Waals surface area contributed by atoms with E-state index in [2.05, 4.69) is 16.0 Å². The SMILES string of the molecule is COc1cccc(C2CN(C(=O)Cc3cccc(Cl)c3)Cc3[nH]cnc32)c1. The van der Waals surface area contributed by atoms with E-state index in [-0.39, 0.29) is 11.8 Å². The summed E-state index contributed by atoms with van der Waals surface area (Å²) < 4.78 is 5.36. The molecule has 0 fully saturated rings. The summed E-state index contributed by atoms with van der Waals surface area (Å²) in [5, 5.41) is 0.643. The topological polar surface area (TPSA) is 58.2 Å². The molecule has 27 heavy (non-hydrogen) atoms. The molecule has 1 atom stereocenters. The Bertz CT molecular complexity index is 969. The van der Waals surface area contributed by atoms with Crippen molar-refractivity contribution in [1.82, 2.24) is 14.9 Å². The Morgan fingerprint density at radius 2 is 2.15 bits per heavy atom. The predicted molar refractivity (Wildman–Crippen MR) is 104 cm³/mol. The molecular weight excluding hydrogens is 362 g/mol. The summed E-state index contributed by atoms with van der Waals surface area (Å²) >= 11 is 6.05. The van der Waals surface area contributed by atoms with Gasteiger partial charge < -0.3 is 14.6 Å². The zero-order valence-electron chi connectivity index (χ0n) is 15.0. The molecule has 0 spiro atoms. The number of amides is 1. The predicted octanol–water partition coefficient (Wildman–Crippen LogP) is 3.79. The van der Waals surface area contributed by atoms with E-state index < -0.39 is 0 Å². The maximum absolute atomic E-state index is 12.9. The summed E-state index contributed by atoms with van der Waals surface area (Å²) in [6.07, 6.45) is 2.03. The van der Waals surface area contributed by atoms with E-state index in [1.807, 2.05) is 47.4 Å². The first-order valence-corrected chi connectivity index (χ1v) is 9.20. The number of ether oxygens (including phenoxy) is 1. The van der Waals surface area contributed by atoms with Gasteiger partial charge in [-0.2, -0.15) is 0 Å². The Morgan fingerprint density at radius 3 is 2.96 bits per heavy atom. The molecular formula is C21H20ClN3O2. The summed E-state index contributed by atoms with van der Waals surface area (Å²) in [5.41, 5.74) is 3.98. The molecule has 1 amide bonds. The van der Waals surface area contributed by atoms with Gasteiger partial charge in [-0.1, -0.05) is 35.9 Å². The van der Waals surface area contributed by atoms with Gasteiger partial charge in [0.2, 0.25) is 5.91 Å². The van der Waals surface area contributed by atoms with Gasteiger partial charge in [0.1, 0.15) is 5.75 Å². The molecule has 6 heteroatoms. The number of rotatable bonds is 4. The van der Waals surface area contributed by atoms with Crippen LogP contribution in [-0.2, 0) is 17.8 Å². The number of methoxy groups -OCH3 is 1. The van der Waals surface area contributed by atoms with Crippen LogP contribution in [0.4, 0.5) is 0 Å². The fourth-order valence-electron chi connectivity index (χ4n) is 3.57. The second-order valence-corrected chi connectivity index (χ2v) is 7.11. The van der Waals surface area contributed by atoms with Crippen LogP contribution in [0.15, 0.2) is 54.9 Å². The van der Waals surface area contributed by atoms with E-state index in [9.17, 15) is 4.79 Å². The van der Waals surface area contributed by atoms with E-state index in [0.29, 0.717) is 24.5 Å². The summed E-state index contributed by atoms with van der Waals surface area (Å²) in [7, 11) is 1.65. The molecule has 5 nitrogen and oxygen atoms in total. The van der Waals surface area contributed by atoms with Gasteiger partial charge in [-0.05, 0) is 35.4 Å². The molecule has 1 aliphatic heterocycles. The zero-order valence-corrected chi connectivity index (χ0v) is 15.7. The number of H-pyrrole nitrogens is 1. The van der Waals surface area contributed by atoms with Gasteiger partial charge in [0, 0.05) is 17.5 Å². The molecule has 0 saturated carbocycles. The van der Waals surface area contributed by atoms with Crippen LogP contribution in [0.3, 0.4) is 0 Å². The number of aromatic amines is 1. The third-order valence-corrected chi connectivity index (χ3v) is 5.16. The molecule has 138 valence electrons. The van der Waals surface area contributed by atoms with Crippen molar-refractivity contribution in [2.75, 3.05) is 13.7 Å². The third-order valence-electron chi connectivity index (χ3n) is 4.93. The van der Waals surface area contributed by atoms with Gasteiger partial charge >= 0.3 is 0 Å². The van der Waals surface area contributed by atoms with E-state index >= 15 is 0 Å². The maximum Gasteiger partial charge on any atom is 0.227 e. The number of benzene rings is 2. The first-order chi connectivity index (χ1) is 13.1. The van der Waals surface area contributed by atoms with Crippen LogP contribution >= 0.6 is 11.6 Å². The molecule has 3 aromatic rings. The average molecular weight is 382 g/mol. The van der Waals surface area contributed by atoms with Crippen molar-refractivity contribution in [3.8, 4) is 5.75 Å². The Kier molecular flexibility index (Phi) is 4.86. The summed E-state index contributed by atoms with van der Waals surface area (Å²) in [4.78, 5) is 22.5. The number of hydrogen-bond acceptors (Lipinski definition) is 3. The van der Waals surface area contributed by atoms with Crippen molar-refractivity contribution in [1.29, 1.82) is 0 Å². The summed E-state index contributed by atoms with van der Waals surface area (Å²) in [5.74, 6) is 0.885. The molecule has 1 N–H and O–H groups in total. The Hall–Kier alpha value is -2.79. The number of halogens is 1. The molecule has 2 heterocycles. The molecule has 4 rings (SSSR count). The highest BCUT2D eigenvalue weighted by Gasteiger charge is 2.31. The summed E-state index contributed by atoms with van der Waals surface area (Å²) in [6.45, 7) is 1.12. The summed E-state index contributed by atoms with van der Waals surface area (Å²) in [6, 6.07) is 15.4. The number of aromatic nitrogens is 2. The standard InChI is InChI=1S/C21H20ClN3O2/c1-27-17-7-3-5-15(10-17)18-11-25(12-19-21(18)24-13-23-19)20(26)9-14-4-2-6-16(22)8-14/h2-8,10,13,18H,9,11-12H2,1H3,(H,23,24). The second-order valence-electron chi connectivity index (χ2n) is 6.68. The molecule has 0 aliphatic carbocycles.